The Morgan fingerprint density at radius 1 is 1.04 bits per heavy atom. The molecule has 0 saturated heterocycles. The van der Waals surface area contributed by atoms with E-state index in [1.807, 2.05) is 37.3 Å². The van der Waals surface area contributed by atoms with Crippen molar-refractivity contribution in [3.05, 3.63) is 82.3 Å². The van der Waals surface area contributed by atoms with Gasteiger partial charge in [0.05, 0.1) is 5.60 Å². The van der Waals surface area contributed by atoms with Crippen LogP contribution in [0.4, 0.5) is 0 Å². The van der Waals surface area contributed by atoms with Gasteiger partial charge in [-0.1, -0.05) is 64.0 Å². The lowest BCUT2D eigenvalue weighted by Crippen LogP contribution is -2.40. The molecular formula is C22H28BrNO. The molecule has 0 amide bonds. The molecule has 3 heteroatoms. The smallest absolute Gasteiger partial charge is 0.0945 e. The zero-order chi connectivity index (χ0) is 18.5. The highest BCUT2D eigenvalue weighted by Crippen LogP contribution is 2.32. The molecule has 2 aromatic carbocycles. The monoisotopic (exact) mass is 401 g/mol. The molecule has 0 spiro atoms. The Morgan fingerprint density at radius 2 is 1.64 bits per heavy atom. The lowest BCUT2D eigenvalue weighted by Gasteiger charge is -2.32. The third-order valence-corrected chi connectivity index (χ3v) is 5.11. The van der Waals surface area contributed by atoms with Gasteiger partial charge in [-0.2, -0.15) is 0 Å². The Morgan fingerprint density at radius 3 is 2.20 bits per heavy atom. The number of hydrogen-bond acceptors (Lipinski definition) is 2. The number of hydrogen-bond donors (Lipinski definition) is 2. The Bertz CT molecular complexity index is 694. The lowest BCUT2D eigenvalue weighted by atomic mass is 9.84. The van der Waals surface area contributed by atoms with Crippen molar-refractivity contribution in [3.63, 3.8) is 0 Å². The largest absolute Gasteiger partial charge is 0.385 e. The zero-order valence-electron chi connectivity index (χ0n) is 15.3. The molecule has 0 bridgehead atoms. The Hall–Kier alpha value is -1.42. The van der Waals surface area contributed by atoms with Gasteiger partial charge in [-0.3, -0.25) is 0 Å². The molecule has 0 aromatic heterocycles. The Kier molecular flexibility index (Phi) is 6.61. The molecule has 2 nitrogen and oxygen atoms in total. The van der Waals surface area contributed by atoms with E-state index in [-0.39, 0.29) is 5.54 Å². The van der Waals surface area contributed by atoms with E-state index >= 15 is 0 Å². The van der Waals surface area contributed by atoms with Crippen molar-refractivity contribution in [2.45, 2.75) is 44.8 Å². The van der Waals surface area contributed by atoms with Gasteiger partial charge in [0.15, 0.2) is 0 Å². The fraction of sp³-hybridized carbons (Fsp3) is 0.364. The minimum Gasteiger partial charge on any atom is -0.385 e. The highest BCUT2D eigenvalue weighted by molar-refractivity contribution is 9.10. The van der Waals surface area contributed by atoms with Crippen LogP contribution in [0.1, 0.15) is 44.7 Å². The van der Waals surface area contributed by atoms with E-state index in [2.05, 4.69) is 65.9 Å². The van der Waals surface area contributed by atoms with Crippen LogP contribution in [-0.2, 0) is 11.1 Å². The maximum Gasteiger partial charge on any atom is 0.0945 e. The van der Waals surface area contributed by atoms with Gasteiger partial charge >= 0.3 is 0 Å². The first-order chi connectivity index (χ1) is 11.7. The van der Waals surface area contributed by atoms with E-state index in [9.17, 15) is 5.11 Å². The van der Waals surface area contributed by atoms with Crippen LogP contribution in [0.25, 0.3) is 0 Å². The molecule has 25 heavy (non-hydrogen) atoms. The average molecular weight is 402 g/mol. The van der Waals surface area contributed by atoms with Gasteiger partial charge in [0.2, 0.25) is 0 Å². The molecule has 2 N–H and O–H groups in total. The van der Waals surface area contributed by atoms with E-state index in [1.54, 1.807) is 0 Å². The molecule has 0 heterocycles. The van der Waals surface area contributed by atoms with Crippen molar-refractivity contribution in [1.29, 1.82) is 0 Å². The van der Waals surface area contributed by atoms with Crippen LogP contribution in [0.2, 0.25) is 0 Å². The molecule has 0 fully saturated rings. The molecule has 0 saturated carbocycles. The highest BCUT2D eigenvalue weighted by Gasteiger charge is 2.30. The quantitative estimate of drug-likeness (QED) is 0.570. The molecule has 1 unspecified atom stereocenters. The molecule has 0 aliphatic rings. The summed E-state index contributed by atoms with van der Waals surface area (Å²) in [6.45, 7) is 11.0. The average Bonchev–Trinajstić information content (AvgIpc) is 2.55. The summed E-state index contributed by atoms with van der Waals surface area (Å²) in [5.74, 6) is 0. The number of rotatable bonds is 8. The number of halogens is 1. The molecule has 0 aliphatic carbocycles. The van der Waals surface area contributed by atoms with Crippen molar-refractivity contribution in [1.82, 2.24) is 5.32 Å². The topological polar surface area (TPSA) is 32.3 Å². The van der Waals surface area contributed by atoms with Crippen molar-refractivity contribution < 1.29 is 5.11 Å². The van der Waals surface area contributed by atoms with Gasteiger partial charge in [0.25, 0.3) is 0 Å². The van der Waals surface area contributed by atoms with Gasteiger partial charge in [-0.15, -0.1) is 6.58 Å². The predicted octanol–water partition coefficient (Wildman–Crippen LogP) is 5.52. The van der Waals surface area contributed by atoms with Crippen LogP contribution in [0.5, 0.6) is 0 Å². The summed E-state index contributed by atoms with van der Waals surface area (Å²) in [5, 5.41) is 14.8. The summed E-state index contributed by atoms with van der Waals surface area (Å²) in [6, 6.07) is 18.2. The third-order valence-electron chi connectivity index (χ3n) is 4.58. The Labute approximate surface area is 160 Å². The van der Waals surface area contributed by atoms with E-state index in [0.29, 0.717) is 19.4 Å². The summed E-state index contributed by atoms with van der Waals surface area (Å²) in [4.78, 5) is 0. The standard InChI is InChI=1S/C22H28BrNO/c1-17(2)16-22(25,19-8-6-5-7-9-19)14-15-24-21(3,4)18-10-12-20(23)13-11-18/h5-13,24-25H,1,14-16H2,2-4H3. The van der Waals surface area contributed by atoms with Gasteiger partial charge in [0, 0.05) is 16.4 Å². The van der Waals surface area contributed by atoms with Crippen LogP contribution in [0, 0.1) is 0 Å². The van der Waals surface area contributed by atoms with Crippen molar-refractivity contribution >= 4 is 15.9 Å². The summed E-state index contributed by atoms with van der Waals surface area (Å²) in [7, 11) is 0. The normalized spacial score (nSPS) is 14.1. The van der Waals surface area contributed by atoms with Crippen LogP contribution >= 0.6 is 15.9 Å². The van der Waals surface area contributed by atoms with Crippen LogP contribution in [0.3, 0.4) is 0 Å². The molecular weight excluding hydrogens is 374 g/mol. The minimum atomic E-state index is -0.893. The van der Waals surface area contributed by atoms with E-state index in [0.717, 1.165) is 15.6 Å². The van der Waals surface area contributed by atoms with Crippen molar-refractivity contribution in [3.8, 4) is 0 Å². The number of aliphatic hydroxyl groups is 1. The second-order valence-electron chi connectivity index (χ2n) is 7.34. The maximum atomic E-state index is 11.2. The lowest BCUT2D eigenvalue weighted by molar-refractivity contribution is 0.0264. The van der Waals surface area contributed by atoms with Gasteiger partial charge < -0.3 is 10.4 Å². The van der Waals surface area contributed by atoms with E-state index in [4.69, 9.17) is 0 Å². The highest BCUT2D eigenvalue weighted by atomic mass is 79.9. The second kappa shape index (κ2) is 8.31. The molecule has 2 aromatic rings. The van der Waals surface area contributed by atoms with E-state index in [1.165, 1.54) is 5.56 Å². The molecule has 134 valence electrons. The SMILES string of the molecule is C=C(C)CC(O)(CCNC(C)(C)c1ccc(Br)cc1)c1ccccc1. The minimum absolute atomic E-state index is 0.165. The first-order valence-corrected chi connectivity index (χ1v) is 9.46. The first-order valence-electron chi connectivity index (χ1n) is 8.66. The van der Waals surface area contributed by atoms with Crippen LogP contribution in [-0.4, -0.2) is 11.7 Å². The summed E-state index contributed by atoms with van der Waals surface area (Å²) < 4.78 is 1.08. The number of nitrogens with one attached hydrogen (secondary N) is 1. The van der Waals surface area contributed by atoms with Crippen LogP contribution in [0.15, 0.2) is 71.2 Å². The molecule has 0 aliphatic heterocycles. The third kappa shape index (κ3) is 5.53. The number of benzene rings is 2. The molecule has 2 rings (SSSR count). The maximum absolute atomic E-state index is 11.2. The fourth-order valence-electron chi connectivity index (χ4n) is 3.13. The first kappa shape index (κ1) is 19.9. The molecule has 0 radical (unpaired) electrons. The van der Waals surface area contributed by atoms with Gasteiger partial charge in [-0.05, 0) is 57.0 Å². The summed E-state index contributed by atoms with van der Waals surface area (Å²) >= 11 is 3.48. The predicted molar refractivity (Wildman–Crippen MR) is 110 cm³/mol. The zero-order valence-corrected chi connectivity index (χ0v) is 16.9. The van der Waals surface area contributed by atoms with Crippen molar-refractivity contribution in [2.75, 3.05) is 6.54 Å². The van der Waals surface area contributed by atoms with Gasteiger partial charge in [0.1, 0.15) is 0 Å². The fourth-order valence-corrected chi connectivity index (χ4v) is 3.40. The van der Waals surface area contributed by atoms with Gasteiger partial charge in [-0.25, -0.2) is 0 Å². The van der Waals surface area contributed by atoms with Crippen molar-refractivity contribution in [2.24, 2.45) is 0 Å². The summed E-state index contributed by atoms with van der Waals surface area (Å²) in [5.41, 5.74) is 2.09. The van der Waals surface area contributed by atoms with Crippen LogP contribution < -0.4 is 5.32 Å². The molecule has 1 atom stereocenters. The second-order valence-corrected chi connectivity index (χ2v) is 8.26. The van der Waals surface area contributed by atoms with E-state index < -0.39 is 5.60 Å². The summed E-state index contributed by atoms with van der Waals surface area (Å²) in [6.07, 6.45) is 1.20. The Balaban J connectivity index is 2.08.